The van der Waals surface area contributed by atoms with Crippen LogP contribution in [0.5, 0.6) is 5.88 Å². The molecule has 0 radical (unpaired) electrons. The number of nitrogens with one attached hydrogen (secondary N) is 1. The largest absolute Gasteiger partial charge is 0.473 e. The van der Waals surface area contributed by atoms with Crippen LogP contribution in [-0.4, -0.2) is 82.0 Å². The molecule has 294 valence electrons. The summed E-state index contributed by atoms with van der Waals surface area (Å²) in [5.74, 6) is 2.10. The van der Waals surface area contributed by atoms with Crippen molar-refractivity contribution in [3.63, 3.8) is 0 Å². The molecule has 4 aromatic rings. The molecule has 2 fully saturated rings. The fourth-order valence-electron chi connectivity index (χ4n) is 7.23. The Balaban J connectivity index is 1.10. The maximum absolute atomic E-state index is 14.4. The highest BCUT2D eigenvalue weighted by Crippen LogP contribution is 2.28. The van der Waals surface area contributed by atoms with Crippen molar-refractivity contribution in [2.45, 2.75) is 104 Å². The number of hydrogen-bond donors (Lipinski definition) is 1. The van der Waals surface area contributed by atoms with Crippen LogP contribution in [0.1, 0.15) is 94.5 Å². The van der Waals surface area contributed by atoms with Gasteiger partial charge in [-0.2, -0.15) is 10.2 Å². The van der Waals surface area contributed by atoms with E-state index < -0.39 is 11.4 Å². The number of pyridine rings is 1. The lowest BCUT2D eigenvalue weighted by molar-refractivity contribution is -0.0706. The van der Waals surface area contributed by atoms with Gasteiger partial charge in [-0.05, 0) is 81.8 Å². The lowest BCUT2D eigenvalue weighted by Gasteiger charge is -2.37. The molecular formula is C43H56FN7O4. The summed E-state index contributed by atoms with van der Waals surface area (Å²) in [6, 6.07) is 17.7. The Morgan fingerprint density at radius 2 is 1.85 bits per heavy atom. The van der Waals surface area contributed by atoms with Crippen molar-refractivity contribution in [3.8, 4) is 11.9 Å². The van der Waals surface area contributed by atoms with E-state index in [0.717, 1.165) is 81.1 Å². The molecule has 3 atom stereocenters. The summed E-state index contributed by atoms with van der Waals surface area (Å²) in [7, 11) is 0. The summed E-state index contributed by atoms with van der Waals surface area (Å²) in [6.45, 7) is 18.7. The first-order valence-electron chi connectivity index (χ1n) is 19.7. The number of rotatable bonds is 17. The lowest BCUT2D eigenvalue weighted by Crippen LogP contribution is -2.51. The third-order valence-electron chi connectivity index (χ3n) is 11.1. The summed E-state index contributed by atoms with van der Waals surface area (Å²) >= 11 is 0. The van der Waals surface area contributed by atoms with Crippen molar-refractivity contribution in [2.75, 3.05) is 44.3 Å². The van der Waals surface area contributed by atoms with Gasteiger partial charge in [0.15, 0.2) is 0 Å². The van der Waals surface area contributed by atoms with E-state index in [9.17, 15) is 9.18 Å². The van der Waals surface area contributed by atoms with Gasteiger partial charge in [0.25, 0.3) is 5.91 Å². The van der Waals surface area contributed by atoms with Crippen LogP contribution in [0.15, 0.2) is 54.6 Å². The molecule has 0 aliphatic carbocycles. The van der Waals surface area contributed by atoms with Crippen LogP contribution in [0.4, 0.5) is 10.2 Å². The molecule has 12 heteroatoms. The number of benzene rings is 2. The first-order valence-corrected chi connectivity index (χ1v) is 19.7. The molecule has 55 heavy (non-hydrogen) atoms. The second-order valence-electron chi connectivity index (χ2n) is 16.0. The molecule has 2 aromatic carbocycles. The minimum absolute atomic E-state index is 0.0189. The smallest absolute Gasteiger partial charge is 0.251 e. The molecule has 2 aromatic heterocycles. The van der Waals surface area contributed by atoms with Crippen molar-refractivity contribution in [3.05, 3.63) is 82.9 Å². The normalized spacial score (nSPS) is 18.4. The molecule has 0 spiro atoms. The number of amides is 1. The molecule has 6 rings (SSSR count). The molecule has 0 bridgehead atoms. The van der Waals surface area contributed by atoms with E-state index in [1.807, 2.05) is 36.4 Å². The lowest BCUT2D eigenvalue weighted by atomic mass is 9.91. The maximum atomic E-state index is 14.4. The van der Waals surface area contributed by atoms with Crippen molar-refractivity contribution in [1.29, 1.82) is 5.26 Å². The Morgan fingerprint density at radius 3 is 2.51 bits per heavy atom. The molecule has 2 unspecified atom stereocenters. The van der Waals surface area contributed by atoms with Gasteiger partial charge in [0.05, 0.1) is 59.6 Å². The van der Waals surface area contributed by atoms with Gasteiger partial charge < -0.3 is 29.0 Å². The minimum atomic E-state index is -0.512. The second kappa shape index (κ2) is 17.5. The summed E-state index contributed by atoms with van der Waals surface area (Å²) in [5.41, 5.74) is 2.29. The third kappa shape index (κ3) is 10.0. The van der Waals surface area contributed by atoms with Crippen molar-refractivity contribution in [2.24, 2.45) is 5.92 Å². The highest BCUT2D eigenvalue weighted by molar-refractivity contribution is 5.98. The average Bonchev–Trinajstić information content (AvgIpc) is 3.50. The second-order valence-corrected chi connectivity index (χ2v) is 16.0. The summed E-state index contributed by atoms with van der Waals surface area (Å²) in [5, 5.41) is 12.3. The Hall–Kier alpha value is -4.57. The highest BCUT2D eigenvalue weighted by atomic mass is 19.1. The zero-order valence-electron chi connectivity index (χ0n) is 33.2. The van der Waals surface area contributed by atoms with Gasteiger partial charge in [0.1, 0.15) is 24.1 Å². The van der Waals surface area contributed by atoms with Gasteiger partial charge in [0, 0.05) is 50.0 Å². The Morgan fingerprint density at radius 1 is 1.07 bits per heavy atom. The van der Waals surface area contributed by atoms with E-state index in [4.69, 9.17) is 29.4 Å². The number of carbonyl (C=O) groups excluding carboxylic acids is 1. The van der Waals surface area contributed by atoms with Gasteiger partial charge in [-0.25, -0.2) is 9.37 Å². The van der Waals surface area contributed by atoms with Crippen LogP contribution < -0.4 is 15.0 Å². The molecule has 2 aliphatic rings. The average molecular weight is 754 g/mol. The van der Waals surface area contributed by atoms with Crippen LogP contribution in [-0.2, 0) is 29.2 Å². The molecule has 0 saturated carbocycles. The molecule has 11 nitrogen and oxygen atoms in total. The van der Waals surface area contributed by atoms with Crippen molar-refractivity contribution in [1.82, 2.24) is 24.8 Å². The van der Waals surface area contributed by atoms with Crippen LogP contribution >= 0.6 is 0 Å². The monoisotopic (exact) mass is 753 g/mol. The topological polar surface area (TPSA) is 118 Å². The number of piperazine rings is 1. The van der Waals surface area contributed by atoms with E-state index in [1.165, 1.54) is 6.07 Å². The van der Waals surface area contributed by atoms with Crippen LogP contribution in [0.2, 0.25) is 0 Å². The highest BCUT2D eigenvalue weighted by Gasteiger charge is 2.32. The standard InChI is InChI=1S/C43H56FN7O4/c1-7-42(5,29-55-43(6,8-2)24-30(3)4)48-41(52)32-14-15-36-37(23-32)51(26-34-16-21-53-34)39(46-36)27-49-17-19-50(20-18-49)38-10-9-11-40(47-38)54-28-33-13-12-31(25-45)22-35(33)44/h9-15,22-23,30,34H,7-8,16-21,24,26-29H2,1-6H3,(H,48,52)/t34-,42?,43?/m0/s1. The van der Waals surface area contributed by atoms with Crippen LogP contribution in [0.3, 0.4) is 0 Å². The number of imidazole rings is 1. The quantitative estimate of drug-likeness (QED) is 0.119. The fourth-order valence-corrected chi connectivity index (χ4v) is 7.23. The molecule has 1 amide bonds. The van der Waals surface area contributed by atoms with E-state index in [-0.39, 0.29) is 29.8 Å². The van der Waals surface area contributed by atoms with Gasteiger partial charge in [-0.15, -0.1) is 0 Å². The number of nitrogens with zero attached hydrogens (tertiary/aromatic N) is 6. The third-order valence-corrected chi connectivity index (χ3v) is 11.1. The summed E-state index contributed by atoms with van der Waals surface area (Å²) in [6.07, 6.45) is 3.74. The van der Waals surface area contributed by atoms with Crippen molar-refractivity contribution >= 4 is 22.8 Å². The number of carbonyl (C=O) groups is 1. The van der Waals surface area contributed by atoms with Gasteiger partial charge in [0.2, 0.25) is 5.88 Å². The zero-order chi connectivity index (χ0) is 39.2. The Labute approximate surface area is 324 Å². The molecule has 4 heterocycles. The zero-order valence-corrected chi connectivity index (χ0v) is 33.2. The Bertz CT molecular complexity index is 1980. The van der Waals surface area contributed by atoms with Gasteiger partial charge in [-0.1, -0.05) is 39.8 Å². The molecule has 1 N–H and O–H groups in total. The number of anilines is 1. The SMILES string of the molecule is CCC(C)(COC(C)(CC)CC(C)C)NC(=O)c1ccc2nc(CN3CCN(c4cccc(OCc5ccc(C#N)cc5F)n4)CC3)n(C[C@@H]3CCO3)c2c1. The first-order chi connectivity index (χ1) is 26.4. The summed E-state index contributed by atoms with van der Waals surface area (Å²) in [4.78, 5) is 28.2. The number of ether oxygens (including phenoxy) is 3. The Kier molecular flexibility index (Phi) is 12.7. The minimum Gasteiger partial charge on any atom is -0.473 e. The number of nitriles is 1. The van der Waals surface area contributed by atoms with E-state index >= 15 is 0 Å². The number of fused-ring (bicyclic) bond motifs is 1. The summed E-state index contributed by atoms with van der Waals surface area (Å²) < 4.78 is 34.8. The van der Waals surface area contributed by atoms with Gasteiger partial charge in [-0.3, -0.25) is 9.69 Å². The molecule has 2 saturated heterocycles. The first kappa shape index (κ1) is 40.1. The molecule has 2 aliphatic heterocycles. The van der Waals surface area contributed by atoms with Crippen molar-refractivity contribution < 1.29 is 23.4 Å². The van der Waals surface area contributed by atoms with Gasteiger partial charge >= 0.3 is 0 Å². The predicted octanol–water partition coefficient (Wildman–Crippen LogP) is 7.26. The maximum Gasteiger partial charge on any atom is 0.251 e. The number of aromatic nitrogens is 3. The van der Waals surface area contributed by atoms with E-state index in [1.54, 1.807) is 18.2 Å². The fraction of sp³-hybridized carbons (Fsp3) is 0.535. The predicted molar refractivity (Wildman–Crippen MR) is 212 cm³/mol. The van der Waals surface area contributed by atoms with E-state index in [2.05, 4.69) is 61.2 Å². The number of halogens is 1. The van der Waals surface area contributed by atoms with Crippen LogP contribution in [0.25, 0.3) is 11.0 Å². The molecular weight excluding hydrogens is 698 g/mol. The van der Waals surface area contributed by atoms with Crippen LogP contribution in [0, 0.1) is 23.1 Å². The number of hydrogen-bond acceptors (Lipinski definition) is 9. The van der Waals surface area contributed by atoms with E-state index in [0.29, 0.717) is 42.6 Å².